The predicted molar refractivity (Wildman–Crippen MR) is 345 cm³/mol. The molecule has 0 unspecified atom stereocenters. The molecular formula is C76H60N4O4. The molecule has 0 aliphatic rings. The van der Waals surface area contributed by atoms with Crippen LogP contribution in [0.1, 0.15) is 58.2 Å². The zero-order valence-electron chi connectivity index (χ0n) is 52.7. The van der Waals surface area contributed by atoms with Gasteiger partial charge in [0.1, 0.15) is 39.0 Å². The van der Waals surface area contributed by atoms with Gasteiger partial charge >= 0.3 is 0 Å². The van der Waals surface area contributed by atoms with Gasteiger partial charge in [0.25, 0.3) is 0 Å². The molecule has 0 spiro atoms. The topological polar surface area (TPSA) is 104 Å². The summed E-state index contributed by atoms with van der Waals surface area (Å²) < 4.78 is 70.8. The van der Waals surface area contributed by atoms with E-state index >= 15 is 0 Å². The largest absolute Gasteiger partial charge is 0.455 e. The van der Waals surface area contributed by atoms with Crippen LogP contribution < -0.4 is 0 Å². The van der Waals surface area contributed by atoms with Crippen LogP contribution in [0.3, 0.4) is 0 Å². The van der Waals surface area contributed by atoms with Crippen molar-refractivity contribution in [1.82, 2.24) is 19.9 Å². The summed E-state index contributed by atoms with van der Waals surface area (Å²) in [7, 11) is 0. The summed E-state index contributed by atoms with van der Waals surface area (Å²) in [6.45, 7) is 6.86. The minimum absolute atomic E-state index is 0.666. The van der Waals surface area contributed by atoms with E-state index in [0.29, 0.717) is 16.7 Å². The molecule has 8 heteroatoms. The maximum Gasteiger partial charge on any atom is 0.153 e. The van der Waals surface area contributed by atoms with E-state index < -0.39 is 19.1 Å². The van der Waals surface area contributed by atoms with E-state index in [1.54, 1.807) is 45.6 Å². The summed E-state index contributed by atoms with van der Waals surface area (Å²) in [6.07, 6.45) is 9.60. The normalized spacial score (nSPS) is 12.9. The van der Waals surface area contributed by atoms with Crippen LogP contribution in [0.5, 0.6) is 0 Å². The van der Waals surface area contributed by atoms with Crippen molar-refractivity contribution >= 4 is 87.9 Å². The Hall–Kier alpha value is -10.4. The van der Waals surface area contributed by atoms with Crippen molar-refractivity contribution in [1.29, 1.82) is 0 Å². The Morgan fingerprint density at radius 2 is 0.726 bits per heavy atom. The molecule has 0 amide bonds. The van der Waals surface area contributed by atoms with Crippen LogP contribution in [0.2, 0.25) is 0 Å². The number of aromatic nitrogens is 4. The average Bonchev–Trinajstić information content (AvgIpc) is 1.66. The summed E-state index contributed by atoms with van der Waals surface area (Å²) in [6, 6.07) is 65.1. The van der Waals surface area contributed by atoms with Gasteiger partial charge in [0.2, 0.25) is 0 Å². The van der Waals surface area contributed by atoms with Gasteiger partial charge in [0.15, 0.2) is 11.2 Å². The van der Waals surface area contributed by atoms with Crippen LogP contribution in [0, 0.1) is 0 Å². The van der Waals surface area contributed by atoms with Crippen LogP contribution in [0.4, 0.5) is 0 Å². The first kappa shape index (κ1) is 46.2. The molecule has 0 saturated heterocycles. The number of furan rings is 4. The SMILES string of the molecule is CCc1ccc(-c2cncc3c2oc2ccccc23)cc1.[2H]C([2H])(C)c1ccc(-c2cccc3c2oc2cccnc23)cc1.[2H]C([2H])(C)c1ccc(-c2cccc3c2oc2ccncc23)cc1.[2H]C([2H])(C)c1ccc(-c2cccc3c2oc2cnccc23)cc1. The standard InChI is InChI=1S/4C19H15NO/c1-2-13-8-10-14(11-9-13)15-5-3-6-16-18-17(21-19(15)16)7-4-12-20-18;1-2-13-6-8-14(9-7-13)15-4-3-5-17-16-10-11-20-12-18(16)21-19(15)17;1-2-13-6-8-14(9-7-13)15-4-3-5-16-17-12-20-11-10-18(17)21-19(15)16;1-2-13-7-9-14(10-8-13)16-11-20-12-17-15-5-3-4-6-18(15)21-19(16)17/h4*3-12H,2H2,1H3/i3*2D2;. The Morgan fingerprint density at radius 1 is 0.298 bits per heavy atom. The van der Waals surface area contributed by atoms with E-state index in [4.69, 9.17) is 25.9 Å². The molecule has 16 rings (SSSR count). The molecule has 8 heterocycles. The highest BCUT2D eigenvalue weighted by atomic mass is 16.3. The van der Waals surface area contributed by atoms with Gasteiger partial charge < -0.3 is 17.7 Å². The van der Waals surface area contributed by atoms with Gasteiger partial charge in [-0.25, -0.2) is 0 Å². The van der Waals surface area contributed by atoms with E-state index in [2.05, 4.69) is 57.2 Å². The minimum Gasteiger partial charge on any atom is -0.455 e. The van der Waals surface area contributed by atoms with Crippen LogP contribution in [-0.4, -0.2) is 19.9 Å². The van der Waals surface area contributed by atoms with Crippen molar-refractivity contribution in [2.75, 3.05) is 0 Å². The number of pyridine rings is 4. The van der Waals surface area contributed by atoms with E-state index in [-0.39, 0.29) is 0 Å². The van der Waals surface area contributed by atoms with E-state index in [0.717, 1.165) is 139 Å². The molecule has 8 aromatic heterocycles. The van der Waals surface area contributed by atoms with E-state index in [1.165, 1.54) is 5.56 Å². The van der Waals surface area contributed by atoms with Crippen molar-refractivity contribution in [3.8, 4) is 44.5 Å². The molecule has 0 radical (unpaired) electrons. The van der Waals surface area contributed by atoms with Gasteiger partial charge in [-0.2, -0.15) is 0 Å². The second-order valence-electron chi connectivity index (χ2n) is 20.1. The summed E-state index contributed by atoms with van der Waals surface area (Å²) >= 11 is 0. The molecule has 8 nitrogen and oxygen atoms in total. The summed E-state index contributed by atoms with van der Waals surface area (Å²) in [4.78, 5) is 17.1. The van der Waals surface area contributed by atoms with Crippen molar-refractivity contribution in [2.24, 2.45) is 0 Å². The Morgan fingerprint density at radius 3 is 1.32 bits per heavy atom. The van der Waals surface area contributed by atoms with Crippen molar-refractivity contribution in [3.05, 3.63) is 266 Å². The molecule has 0 saturated carbocycles. The molecule has 408 valence electrons. The third-order valence-electron chi connectivity index (χ3n) is 15.3. The molecule has 0 N–H and O–H groups in total. The lowest BCUT2D eigenvalue weighted by atomic mass is 10.0. The van der Waals surface area contributed by atoms with Crippen LogP contribution >= 0.6 is 0 Å². The molecule has 8 aromatic carbocycles. The fraction of sp³-hybridized carbons (Fsp3) is 0.105. The van der Waals surface area contributed by atoms with Crippen LogP contribution in [-0.2, 0) is 25.5 Å². The first-order valence-corrected chi connectivity index (χ1v) is 27.9. The maximum absolute atomic E-state index is 7.79. The summed E-state index contributed by atoms with van der Waals surface area (Å²) in [5.74, 6) is 0. The highest BCUT2D eigenvalue weighted by Gasteiger charge is 2.16. The number of nitrogens with zero attached hydrogens (tertiary/aromatic N) is 4. The number of rotatable bonds is 8. The fourth-order valence-corrected chi connectivity index (χ4v) is 10.8. The van der Waals surface area contributed by atoms with Gasteiger partial charge in [0, 0.05) is 105 Å². The molecule has 0 bridgehead atoms. The molecule has 0 fully saturated rings. The third kappa shape index (κ3) is 10.3. The number of hydrogen-bond donors (Lipinski definition) is 0. The van der Waals surface area contributed by atoms with Crippen molar-refractivity contribution < 1.29 is 25.9 Å². The number of para-hydroxylation sites is 4. The molecule has 0 aliphatic carbocycles. The number of fused-ring (bicyclic) bond motifs is 12. The zero-order chi connectivity index (χ0) is 62.3. The maximum atomic E-state index is 7.79. The van der Waals surface area contributed by atoms with Crippen molar-refractivity contribution in [3.63, 3.8) is 0 Å². The minimum atomic E-state index is -1.34. The van der Waals surface area contributed by atoms with Crippen LogP contribution in [0.25, 0.3) is 132 Å². The molecule has 84 heavy (non-hydrogen) atoms. The van der Waals surface area contributed by atoms with Crippen LogP contribution in [0.15, 0.2) is 261 Å². The summed E-state index contributed by atoms with van der Waals surface area (Å²) in [5, 5.41) is 7.35. The first-order chi connectivity index (χ1) is 43.5. The molecular weight excluding hydrogens is 1030 g/mol. The zero-order valence-corrected chi connectivity index (χ0v) is 46.7. The third-order valence-corrected chi connectivity index (χ3v) is 15.3. The first-order valence-electron chi connectivity index (χ1n) is 30.9. The highest BCUT2D eigenvalue weighted by molar-refractivity contribution is 6.12. The lowest BCUT2D eigenvalue weighted by Gasteiger charge is -2.04. The van der Waals surface area contributed by atoms with Crippen molar-refractivity contribution in [2.45, 2.75) is 53.2 Å². The quantitative estimate of drug-likeness (QED) is 0.148. The Balaban J connectivity index is 0.000000110. The molecule has 0 aliphatic heterocycles. The fourth-order valence-electron chi connectivity index (χ4n) is 10.8. The lowest BCUT2D eigenvalue weighted by molar-refractivity contribution is 0.668. The van der Waals surface area contributed by atoms with Gasteiger partial charge in [0.05, 0.1) is 6.20 Å². The predicted octanol–water partition coefficient (Wildman–Crippen LogP) is 20.8. The number of hydrogen-bond acceptors (Lipinski definition) is 8. The monoisotopic (exact) mass is 1100 g/mol. The number of aryl methyl sites for hydroxylation is 4. The van der Waals surface area contributed by atoms with Gasteiger partial charge in [-0.05, 0) is 106 Å². The highest BCUT2D eigenvalue weighted by Crippen LogP contribution is 2.39. The molecule has 16 aromatic rings. The second-order valence-corrected chi connectivity index (χ2v) is 20.1. The lowest BCUT2D eigenvalue weighted by Crippen LogP contribution is -1.83. The van der Waals surface area contributed by atoms with Gasteiger partial charge in [-0.3, -0.25) is 19.9 Å². The van der Waals surface area contributed by atoms with E-state index in [9.17, 15) is 0 Å². The average molecular weight is 1100 g/mol. The van der Waals surface area contributed by atoms with Gasteiger partial charge in [-0.15, -0.1) is 0 Å². The number of benzene rings is 8. The van der Waals surface area contributed by atoms with E-state index in [1.807, 2.05) is 188 Å². The summed E-state index contributed by atoms with van der Waals surface area (Å²) in [5.41, 5.74) is 19.1. The molecule has 0 atom stereocenters. The Kier molecular flexibility index (Phi) is 13.0. The Bertz CT molecular complexity index is 4830. The smallest absolute Gasteiger partial charge is 0.153 e. The Labute approximate surface area is 495 Å². The van der Waals surface area contributed by atoms with Gasteiger partial charge in [-0.1, -0.05) is 191 Å². The second kappa shape index (κ2) is 23.6.